The van der Waals surface area contributed by atoms with Gasteiger partial charge in [-0.1, -0.05) is 23.7 Å². The van der Waals surface area contributed by atoms with Gasteiger partial charge in [0, 0.05) is 28.4 Å². The summed E-state index contributed by atoms with van der Waals surface area (Å²) in [4.78, 5) is 23.6. The van der Waals surface area contributed by atoms with E-state index in [1.54, 1.807) is 36.0 Å². The molecule has 5 nitrogen and oxygen atoms in total. The second-order valence-corrected chi connectivity index (χ2v) is 6.19. The highest BCUT2D eigenvalue weighted by atomic mass is 35.5. The minimum atomic E-state index is -0.626. The first-order chi connectivity index (χ1) is 11.0. The highest BCUT2D eigenvalue weighted by Gasteiger charge is 2.05. The van der Waals surface area contributed by atoms with E-state index < -0.39 is 6.03 Å². The Hall–Kier alpha value is -2.18. The summed E-state index contributed by atoms with van der Waals surface area (Å²) in [5.74, 6) is 0.553. The quantitative estimate of drug-likeness (QED) is 0.690. The number of nitrogens with two attached hydrogens (primary N) is 1. The second-order valence-electron chi connectivity index (χ2n) is 4.64. The Morgan fingerprint density at radius 2 is 1.61 bits per heavy atom. The topological polar surface area (TPSA) is 84.2 Å². The van der Waals surface area contributed by atoms with E-state index in [1.165, 1.54) is 0 Å². The molecular formula is C16H16ClN3O2S. The zero-order valence-corrected chi connectivity index (χ0v) is 13.8. The van der Waals surface area contributed by atoms with Crippen LogP contribution in [0.3, 0.4) is 0 Å². The van der Waals surface area contributed by atoms with Gasteiger partial charge in [0.05, 0.1) is 5.02 Å². The van der Waals surface area contributed by atoms with E-state index in [4.69, 9.17) is 17.3 Å². The molecule has 3 amide bonds. The van der Waals surface area contributed by atoms with Gasteiger partial charge in [0.1, 0.15) is 0 Å². The Kier molecular flexibility index (Phi) is 6.31. The van der Waals surface area contributed by atoms with Gasteiger partial charge in [-0.25, -0.2) is 4.79 Å². The molecule has 4 N–H and O–H groups in total. The monoisotopic (exact) mass is 349 g/mol. The van der Waals surface area contributed by atoms with Crippen molar-refractivity contribution in [1.29, 1.82) is 0 Å². The second kappa shape index (κ2) is 8.45. The summed E-state index contributed by atoms with van der Waals surface area (Å²) in [6.45, 7) is 0. The first kappa shape index (κ1) is 17.2. The lowest BCUT2D eigenvalue weighted by Crippen LogP contribution is -2.19. The Labute approximate surface area is 143 Å². The van der Waals surface area contributed by atoms with Gasteiger partial charge in [-0.05, 0) is 36.4 Å². The minimum Gasteiger partial charge on any atom is -0.351 e. The van der Waals surface area contributed by atoms with Crippen molar-refractivity contribution in [3.05, 3.63) is 53.6 Å². The van der Waals surface area contributed by atoms with E-state index in [-0.39, 0.29) is 5.91 Å². The average Bonchev–Trinajstić information content (AvgIpc) is 2.51. The standard InChI is InChI=1S/C16H16ClN3O2S/c17-13-3-1-2-4-14(13)23-10-9-15(21)19-11-5-7-12(8-6-11)20-16(18)22/h1-8H,9-10H2,(H,19,21)(H3,18,20,22). The van der Waals surface area contributed by atoms with Crippen molar-refractivity contribution in [1.82, 2.24) is 0 Å². The van der Waals surface area contributed by atoms with Crippen LogP contribution in [0.15, 0.2) is 53.4 Å². The molecule has 0 radical (unpaired) electrons. The number of anilines is 2. The van der Waals surface area contributed by atoms with Crippen LogP contribution in [0.25, 0.3) is 0 Å². The molecule has 0 aromatic heterocycles. The lowest BCUT2D eigenvalue weighted by molar-refractivity contribution is -0.115. The predicted molar refractivity (Wildman–Crippen MR) is 95.1 cm³/mol. The van der Waals surface area contributed by atoms with Crippen LogP contribution in [-0.2, 0) is 4.79 Å². The fourth-order valence-electron chi connectivity index (χ4n) is 1.82. The molecule has 120 valence electrons. The number of halogens is 1. The largest absolute Gasteiger partial charge is 0.351 e. The molecule has 2 rings (SSSR count). The van der Waals surface area contributed by atoms with Gasteiger partial charge >= 0.3 is 6.03 Å². The van der Waals surface area contributed by atoms with Crippen LogP contribution in [0.4, 0.5) is 16.2 Å². The van der Waals surface area contributed by atoms with E-state index in [0.717, 1.165) is 4.90 Å². The Morgan fingerprint density at radius 1 is 1.00 bits per heavy atom. The molecule has 0 aliphatic rings. The van der Waals surface area contributed by atoms with Crippen molar-refractivity contribution in [3.63, 3.8) is 0 Å². The fraction of sp³-hybridized carbons (Fsp3) is 0.125. The van der Waals surface area contributed by atoms with E-state index in [9.17, 15) is 9.59 Å². The molecule has 0 aliphatic heterocycles. The molecule has 0 saturated heterocycles. The Balaban J connectivity index is 1.78. The van der Waals surface area contributed by atoms with Gasteiger partial charge in [0.2, 0.25) is 5.91 Å². The molecular weight excluding hydrogens is 334 g/mol. The number of nitrogens with one attached hydrogen (secondary N) is 2. The van der Waals surface area contributed by atoms with Crippen LogP contribution in [-0.4, -0.2) is 17.7 Å². The molecule has 0 fully saturated rings. The number of benzene rings is 2. The smallest absolute Gasteiger partial charge is 0.316 e. The zero-order chi connectivity index (χ0) is 16.7. The van der Waals surface area contributed by atoms with Crippen molar-refractivity contribution in [2.75, 3.05) is 16.4 Å². The van der Waals surface area contributed by atoms with Crippen molar-refractivity contribution >= 4 is 46.7 Å². The summed E-state index contributed by atoms with van der Waals surface area (Å²) in [6, 6.07) is 13.6. The van der Waals surface area contributed by atoms with Crippen LogP contribution >= 0.6 is 23.4 Å². The van der Waals surface area contributed by atoms with Crippen LogP contribution < -0.4 is 16.4 Å². The SMILES string of the molecule is NC(=O)Nc1ccc(NC(=O)CCSc2ccccc2Cl)cc1. The molecule has 0 aliphatic carbocycles. The van der Waals surface area contributed by atoms with Gasteiger partial charge in [0.25, 0.3) is 0 Å². The fourth-order valence-corrected chi connectivity index (χ4v) is 3.01. The Morgan fingerprint density at radius 3 is 2.22 bits per heavy atom. The first-order valence-electron chi connectivity index (χ1n) is 6.88. The van der Waals surface area contributed by atoms with Gasteiger partial charge in [-0.2, -0.15) is 0 Å². The van der Waals surface area contributed by atoms with Crippen LogP contribution in [0, 0.1) is 0 Å². The number of rotatable bonds is 6. The van der Waals surface area contributed by atoms with E-state index in [2.05, 4.69) is 10.6 Å². The summed E-state index contributed by atoms with van der Waals surface area (Å²) in [5, 5.41) is 5.94. The number of hydrogen-bond acceptors (Lipinski definition) is 3. The highest BCUT2D eigenvalue weighted by Crippen LogP contribution is 2.27. The molecule has 0 spiro atoms. The maximum absolute atomic E-state index is 11.9. The summed E-state index contributed by atoms with van der Waals surface area (Å²) >= 11 is 7.60. The molecule has 2 aromatic rings. The maximum Gasteiger partial charge on any atom is 0.316 e. The third-order valence-electron chi connectivity index (χ3n) is 2.86. The van der Waals surface area contributed by atoms with E-state index >= 15 is 0 Å². The molecule has 0 saturated carbocycles. The lowest BCUT2D eigenvalue weighted by atomic mass is 10.2. The van der Waals surface area contributed by atoms with Crippen molar-refractivity contribution in [3.8, 4) is 0 Å². The number of hydrogen-bond donors (Lipinski definition) is 3. The molecule has 0 unspecified atom stereocenters. The molecule has 23 heavy (non-hydrogen) atoms. The van der Waals surface area contributed by atoms with Gasteiger partial charge in [0.15, 0.2) is 0 Å². The average molecular weight is 350 g/mol. The first-order valence-corrected chi connectivity index (χ1v) is 8.24. The number of thioether (sulfide) groups is 1. The van der Waals surface area contributed by atoms with E-state index in [1.807, 2.05) is 24.3 Å². The Bertz CT molecular complexity index is 692. The van der Waals surface area contributed by atoms with Crippen molar-refractivity contribution in [2.24, 2.45) is 5.73 Å². The highest BCUT2D eigenvalue weighted by molar-refractivity contribution is 7.99. The number of carbonyl (C=O) groups excluding carboxylic acids is 2. The number of amides is 3. The number of urea groups is 1. The lowest BCUT2D eigenvalue weighted by Gasteiger charge is -2.07. The van der Waals surface area contributed by atoms with Crippen molar-refractivity contribution in [2.45, 2.75) is 11.3 Å². The third-order valence-corrected chi connectivity index (χ3v) is 4.38. The summed E-state index contributed by atoms with van der Waals surface area (Å²) < 4.78 is 0. The normalized spacial score (nSPS) is 10.1. The van der Waals surface area contributed by atoms with E-state index in [0.29, 0.717) is 28.6 Å². The summed E-state index contributed by atoms with van der Waals surface area (Å²) in [6.07, 6.45) is 0.372. The van der Waals surface area contributed by atoms with Crippen molar-refractivity contribution < 1.29 is 9.59 Å². The van der Waals surface area contributed by atoms with Gasteiger partial charge < -0.3 is 16.4 Å². The van der Waals surface area contributed by atoms with Crippen LogP contribution in [0.2, 0.25) is 5.02 Å². The molecule has 2 aromatic carbocycles. The van der Waals surface area contributed by atoms with Crippen LogP contribution in [0.1, 0.15) is 6.42 Å². The molecule has 0 bridgehead atoms. The summed E-state index contributed by atoms with van der Waals surface area (Å²) in [5.41, 5.74) is 6.26. The number of carbonyl (C=O) groups is 2. The summed E-state index contributed by atoms with van der Waals surface area (Å²) in [7, 11) is 0. The molecule has 7 heteroatoms. The van der Waals surface area contributed by atoms with Gasteiger partial charge in [-0.3, -0.25) is 4.79 Å². The number of primary amides is 1. The third kappa shape index (κ3) is 5.84. The zero-order valence-electron chi connectivity index (χ0n) is 12.2. The molecule has 0 atom stereocenters. The predicted octanol–water partition coefficient (Wildman–Crippen LogP) is 3.95. The maximum atomic E-state index is 11.9. The van der Waals surface area contributed by atoms with Crippen LogP contribution in [0.5, 0.6) is 0 Å². The minimum absolute atomic E-state index is 0.0832. The molecule has 0 heterocycles. The van der Waals surface area contributed by atoms with Gasteiger partial charge in [-0.15, -0.1) is 11.8 Å².